The molecule has 3 aromatic rings. The van der Waals surface area contributed by atoms with Crippen LogP contribution in [0.4, 0.5) is 4.39 Å². The zero-order valence-electron chi connectivity index (χ0n) is 13.9. The predicted molar refractivity (Wildman–Crippen MR) is 102 cm³/mol. The van der Waals surface area contributed by atoms with Crippen molar-refractivity contribution in [3.63, 3.8) is 0 Å². The summed E-state index contributed by atoms with van der Waals surface area (Å²) in [5.74, 6) is -0.861. The van der Waals surface area contributed by atoms with Crippen LogP contribution in [0.25, 0.3) is 10.1 Å². The van der Waals surface area contributed by atoms with Crippen LogP contribution in [0.1, 0.15) is 32.5 Å². The second-order valence-electron chi connectivity index (χ2n) is 5.63. The van der Waals surface area contributed by atoms with Gasteiger partial charge in [-0.25, -0.2) is 4.39 Å². The number of benzene rings is 2. The minimum atomic E-state index is -0.371. The predicted octanol–water partition coefficient (Wildman–Crippen LogP) is 4.37. The maximum atomic E-state index is 13.3. The average Bonchev–Trinajstić information content (AvgIpc) is 2.96. The molecule has 2 amide bonds. The van der Waals surface area contributed by atoms with Gasteiger partial charge in [-0.05, 0) is 42.8 Å². The minimum absolute atomic E-state index is 0.157. The normalized spacial score (nSPS) is 10.7. The van der Waals surface area contributed by atoms with Crippen LogP contribution in [0.3, 0.4) is 0 Å². The van der Waals surface area contributed by atoms with Crippen molar-refractivity contribution >= 4 is 44.8 Å². The first kappa shape index (κ1) is 18.4. The van der Waals surface area contributed by atoms with Crippen LogP contribution < -0.4 is 10.6 Å². The van der Waals surface area contributed by atoms with E-state index >= 15 is 0 Å². The summed E-state index contributed by atoms with van der Waals surface area (Å²) in [6.07, 6.45) is 0. The van der Waals surface area contributed by atoms with E-state index in [-0.39, 0.29) is 24.2 Å². The number of carbonyl (C=O) groups is 2. The molecule has 0 aliphatic carbocycles. The standard InChI is InChI=1S/C19H16ClFN2O2S/c1-2-22-18(24)12-5-3-4-11(8-12)10-23-19(25)17-16(20)14-7-6-13(21)9-15(14)26-17/h3-9H,2,10H2,1H3,(H,22,24)(H,23,25). The van der Waals surface area contributed by atoms with Crippen molar-refractivity contribution in [2.75, 3.05) is 6.54 Å². The van der Waals surface area contributed by atoms with Crippen LogP contribution in [0, 0.1) is 5.82 Å². The quantitative estimate of drug-likeness (QED) is 0.679. The molecule has 0 radical (unpaired) electrons. The molecule has 0 bridgehead atoms. The van der Waals surface area contributed by atoms with Gasteiger partial charge in [0.05, 0.1) is 5.02 Å². The highest BCUT2D eigenvalue weighted by Gasteiger charge is 2.17. The van der Waals surface area contributed by atoms with Gasteiger partial charge in [-0.2, -0.15) is 0 Å². The molecule has 0 fully saturated rings. The Balaban J connectivity index is 1.74. The molecule has 2 N–H and O–H groups in total. The zero-order valence-corrected chi connectivity index (χ0v) is 15.5. The molecular formula is C19H16ClFN2O2S. The third kappa shape index (κ3) is 3.86. The summed E-state index contributed by atoms with van der Waals surface area (Å²) in [5.41, 5.74) is 1.33. The lowest BCUT2D eigenvalue weighted by atomic mass is 10.1. The van der Waals surface area contributed by atoms with Crippen molar-refractivity contribution in [2.45, 2.75) is 13.5 Å². The Hall–Kier alpha value is -2.44. The van der Waals surface area contributed by atoms with E-state index in [9.17, 15) is 14.0 Å². The summed E-state index contributed by atoms with van der Waals surface area (Å²) in [7, 11) is 0. The van der Waals surface area contributed by atoms with Crippen LogP contribution >= 0.6 is 22.9 Å². The van der Waals surface area contributed by atoms with Crippen LogP contribution in [0.2, 0.25) is 5.02 Å². The topological polar surface area (TPSA) is 58.2 Å². The lowest BCUT2D eigenvalue weighted by Gasteiger charge is -2.07. The first-order chi connectivity index (χ1) is 12.5. The van der Waals surface area contributed by atoms with Crippen molar-refractivity contribution in [1.29, 1.82) is 0 Å². The van der Waals surface area contributed by atoms with Crippen LogP contribution in [0.15, 0.2) is 42.5 Å². The van der Waals surface area contributed by atoms with Gasteiger partial charge in [0.15, 0.2) is 0 Å². The maximum absolute atomic E-state index is 13.3. The Kier molecular flexibility index (Phi) is 5.54. The summed E-state index contributed by atoms with van der Waals surface area (Å²) in [5, 5.41) is 6.50. The lowest BCUT2D eigenvalue weighted by molar-refractivity contribution is 0.0949. The van der Waals surface area contributed by atoms with E-state index in [4.69, 9.17) is 11.6 Å². The molecule has 3 rings (SSSR count). The second-order valence-corrected chi connectivity index (χ2v) is 7.06. The molecule has 1 aromatic heterocycles. The summed E-state index contributed by atoms with van der Waals surface area (Å²) in [6.45, 7) is 2.65. The summed E-state index contributed by atoms with van der Waals surface area (Å²) < 4.78 is 14.0. The first-order valence-corrected chi connectivity index (χ1v) is 9.22. The highest BCUT2D eigenvalue weighted by Crippen LogP contribution is 2.35. The molecule has 0 saturated carbocycles. The molecule has 134 valence electrons. The first-order valence-electron chi connectivity index (χ1n) is 8.02. The van der Waals surface area contributed by atoms with Crippen LogP contribution in [-0.4, -0.2) is 18.4 Å². The number of amides is 2. The number of fused-ring (bicyclic) bond motifs is 1. The van der Waals surface area contributed by atoms with Crippen molar-refractivity contribution in [2.24, 2.45) is 0 Å². The average molecular weight is 391 g/mol. The fraction of sp³-hybridized carbons (Fsp3) is 0.158. The number of hydrogen-bond donors (Lipinski definition) is 2. The molecule has 7 heteroatoms. The van der Waals surface area contributed by atoms with Crippen LogP contribution in [0.5, 0.6) is 0 Å². The molecule has 2 aromatic carbocycles. The van der Waals surface area contributed by atoms with Gasteiger partial charge in [-0.3, -0.25) is 9.59 Å². The summed E-state index contributed by atoms with van der Waals surface area (Å²) >= 11 is 7.41. The van der Waals surface area contributed by atoms with E-state index in [1.807, 2.05) is 13.0 Å². The molecule has 1 heterocycles. The molecule has 0 saturated heterocycles. The van der Waals surface area contributed by atoms with E-state index in [0.717, 1.165) is 16.9 Å². The molecule has 0 atom stereocenters. The van der Waals surface area contributed by atoms with Gasteiger partial charge in [0.1, 0.15) is 10.7 Å². The van der Waals surface area contributed by atoms with Crippen molar-refractivity contribution in [3.8, 4) is 0 Å². The van der Waals surface area contributed by atoms with E-state index < -0.39 is 0 Å². The molecule has 0 spiro atoms. The third-order valence-electron chi connectivity index (χ3n) is 3.78. The Morgan fingerprint density at radius 1 is 1.12 bits per heavy atom. The Bertz CT molecular complexity index is 987. The van der Waals surface area contributed by atoms with E-state index in [1.165, 1.54) is 12.1 Å². The smallest absolute Gasteiger partial charge is 0.263 e. The highest BCUT2D eigenvalue weighted by atomic mass is 35.5. The molecule has 0 unspecified atom stereocenters. The number of rotatable bonds is 5. The monoisotopic (exact) mass is 390 g/mol. The van der Waals surface area contributed by atoms with Gasteiger partial charge >= 0.3 is 0 Å². The Labute approximate surface area is 159 Å². The zero-order chi connectivity index (χ0) is 18.7. The van der Waals surface area contributed by atoms with Crippen molar-refractivity contribution in [1.82, 2.24) is 10.6 Å². The largest absolute Gasteiger partial charge is 0.352 e. The number of nitrogens with one attached hydrogen (secondary N) is 2. The van der Waals surface area contributed by atoms with Crippen molar-refractivity contribution in [3.05, 3.63) is 69.3 Å². The number of hydrogen-bond acceptors (Lipinski definition) is 3. The summed E-state index contributed by atoms with van der Waals surface area (Å²) in [4.78, 5) is 24.7. The number of carbonyl (C=O) groups excluding carboxylic acids is 2. The lowest BCUT2D eigenvalue weighted by Crippen LogP contribution is -2.24. The Morgan fingerprint density at radius 2 is 1.92 bits per heavy atom. The second kappa shape index (κ2) is 7.85. The van der Waals surface area contributed by atoms with E-state index in [0.29, 0.717) is 32.1 Å². The van der Waals surface area contributed by atoms with E-state index in [2.05, 4.69) is 10.6 Å². The van der Waals surface area contributed by atoms with Gasteiger partial charge < -0.3 is 10.6 Å². The number of thiophene rings is 1. The Morgan fingerprint density at radius 3 is 2.69 bits per heavy atom. The van der Waals surface area contributed by atoms with Gasteiger partial charge in [-0.15, -0.1) is 11.3 Å². The van der Waals surface area contributed by atoms with Gasteiger partial charge in [0.25, 0.3) is 11.8 Å². The summed E-state index contributed by atoms with van der Waals surface area (Å²) in [6, 6.07) is 11.3. The van der Waals surface area contributed by atoms with Gasteiger partial charge in [-0.1, -0.05) is 23.7 Å². The fourth-order valence-corrected chi connectivity index (χ4v) is 3.99. The van der Waals surface area contributed by atoms with Crippen LogP contribution in [-0.2, 0) is 6.54 Å². The molecule has 0 aliphatic rings. The third-order valence-corrected chi connectivity index (χ3v) is 5.43. The fourth-order valence-electron chi connectivity index (χ4n) is 2.53. The molecule has 4 nitrogen and oxygen atoms in total. The van der Waals surface area contributed by atoms with Crippen molar-refractivity contribution < 1.29 is 14.0 Å². The highest BCUT2D eigenvalue weighted by molar-refractivity contribution is 7.21. The maximum Gasteiger partial charge on any atom is 0.263 e. The van der Waals surface area contributed by atoms with Gasteiger partial charge in [0.2, 0.25) is 0 Å². The SMILES string of the molecule is CCNC(=O)c1cccc(CNC(=O)c2sc3cc(F)ccc3c2Cl)c1. The molecule has 0 aliphatic heterocycles. The molecular weight excluding hydrogens is 375 g/mol. The van der Waals surface area contributed by atoms with Gasteiger partial charge in [0, 0.05) is 28.7 Å². The van der Waals surface area contributed by atoms with E-state index in [1.54, 1.807) is 24.3 Å². The minimum Gasteiger partial charge on any atom is -0.352 e. The molecule has 26 heavy (non-hydrogen) atoms. The number of halogens is 2.